The molecule has 0 aliphatic heterocycles. The molecule has 2 N–H and O–H groups in total. The van der Waals surface area contributed by atoms with Crippen molar-refractivity contribution < 1.29 is 4.39 Å². The SMILES string of the molecule is Fc1ccc2nc(NCC(C3CC3)C3CC3)[nH]c2c1. The van der Waals surface area contributed by atoms with Crippen LogP contribution in [0.3, 0.4) is 0 Å². The topological polar surface area (TPSA) is 40.7 Å². The molecule has 1 aromatic heterocycles. The fourth-order valence-corrected chi connectivity index (χ4v) is 3.05. The lowest BCUT2D eigenvalue weighted by Crippen LogP contribution is -2.18. The molecule has 0 saturated heterocycles. The maximum Gasteiger partial charge on any atom is 0.201 e. The Morgan fingerprint density at radius 2 is 2.00 bits per heavy atom. The summed E-state index contributed by atoms with van der Waals surface area (Å²) < 4.78 is 13.1. The van der Waals surface area contributed by atoms with Gasteiger partial charge in [0.25, 0.3) is 0 Å². The molecule has 2 aliphatic rings. The van der Waals surface area contributed by atoms with Crippen LogP contribution in [0.5, 0.6) is 0 Å². The summed E-state index contributed by atoms with van der Waals surface area (Å²) in [5, 5.41) is 3.41. The van der Waals surface area contributed by atoms with E-state index >= 15 is 0 Å². The number of nitrogens with one attached hydrogen (secondary N) is 2. The second-order valence-corrected chi connectivity index (χ2v) is 5.97. The number of fused-ring (bicyclic) bond motifs is 1. The molecule has 2 aliphatic carbocycles. The molecule has 0 amide bonds. The van der Waals surface area contributed by atoms with Crippen molar-refractivity contribution in [3.8, 4) is 0 Å². The van der Waals surface area contributed by atoms with E-state index in [1.807, 2.05) is 0 Å². The Hall–Kier alpha value is -1.58. The molecular formula is C15H18FN3. The molecule has 2 saturated carbocycles. The average Bonchev–Trinajstić information content (AvgIpc) is 3.28. The summed E-state index contributed by atoms with van der Waals surface area (Å²) >= 11 is 0. The first-order chi connectivity index (χ1) is 9.29. The largest absolute Gasteiger partial charge is 0.356 e. The highest BCUT2D eigenvalue weighted by molar-refractivity contribution is 5.77. The zero-order valence-corrected chi connectivity index (χ0v) is 10.8. The van der Waals surface area contributed by atoms with Gasteiger partial charge in [0, 0.05) is 6.54 Å². The van der Waals surface area contributed by atoms with Crippen LogP contribution >= 0.6 is 0 Å². The molecule has 4 rings (SSSR count). The van der Waals surface area contributed by atoms with E-state index in [4.69, 9.17) is 0 Å². The second kappa shape index (κ2) is 4.22. The lowest BCUT2D eigenvalue weighted by atomic mass is 9.98. The van der Waals surface area contributed by atoms with Crippen LogP contribution in [-0.2, 0) is 0 Å². The highest BCUT2D eigenvalue weighted by Crippen LogP contribution is 2.49. The number of H-pyrrole nitrogens is 1. The number of benzene rings is 1. The smallest absolute Gasteiger partial charge is 0.201 e. The van der Waals surface area contributed by atoms with Crippen LogP contribution in [-0.4, -0.2) is 16.5 Å². The van der Waals surface area contributed by atoms with Crippen molar-refractivity contribution in [2.75, 3.05) is 11.9 Å². The van der Waals surface area contributed by atoms with E-state index in [9.17, 15) is 4.39 Å². The van der Waals surface area contributed by atoms with Gasteiger partial charge >= 0.3 is 0 Å². The van der Waals surface area contributed by atoms with E-state index in [0.29, 0.717) is 0 Å². The van der Waals surface area contributed by atoms with Crippen molar-refractivity contribution in [1.82, 2.24) is 9.97 Å². The number of imidazole rings is 1. The first kappa shape index (κ1) is 11.3. The van der Waals surface area contributed by atoms with Gasteiger partial charge in [-0.05, 0) is 61.6 Å². The van der Waals surface area contributed by atoms with E-state index < -0.39 is 0 Å². The predicted octanol–water partition coefficient (Wildman–Crippen LogP) is 3.55. The van der Waals surface area contributed by atoms with E-state index in [1.165, 1.54) is 37.8 Å². The second-order valence-electron chi connectivity index (χ2n) is 5.97. The standard InChI is InChI=1S/C15H18FN3/c16-11-5-6-13-14(7-11)19-15(18-13)17-8-12(9-1-2-9)10-3-4-10/h5-7,9-10,12H,1-4,8H2,(H2,17,18,19). The summed E-state index contributed by atoms with van der Waals surface area (Å²) in [5.41, 5.74) is 1.58. The van der Waals surface area contributed by atoms with Crippen molar-refractivity contribution in [3.05, 3.63) is 24.0 Å². The molecule has 4 heteroatoms. The average molecular weight is 259 g/mol. The van der Waals surface area contributed by atoms with Gasteiger partial charge < -0.3 is 10.3 Å². The van der Waals surface area contributed by atoms with Gasteiger partial charge in [-0.1, -0.05) is 0 Å². The molecule has 0 atom stereocenters. The van der Waals surface area contributed by atoms with E-state index in [1.54, 1.807) is 6.07 Å². The quantitative estimate of drug-likeness (QED) is 0.862. The Bertz CT molecular complexity index is 586. The summed E-state index contributed by atoms with van der Waals surface area (Å²) in [6.07, 6.45) is 5.59. The summed E-state index contributed by atoms with van der Waals surface area (Å²) in [5.74, 6) is 3.22. The monoisotopic (exact) mass is 259 g/mol. The first-order valence-corrected chi connectivity index (χ1v) is 7.19. The number of aromatic amines is 1. The number of hydrogen-bond donors (Lipinski definition) is 2. The van der Waals surface area contributed by atoms with Gasteiger partial charge in [-0.15, -0.1) is 0 Å². The maximum absolute atomic E-state index is 13.1. The number of hydrogen-bond acceptors (Lipinski definition) is 2. The third-order valence-corrected chi connectivity index (χ3v) is 4.40. The number of rotatable bonds is 5. The van der Waals surface area contributed by atoms with Gasteiger partial charge in [0.1, 0.15) is 5.82 Å². The van der Waals surface area contributed by atoms with Crippen molar-refractivity contribution >= 4 is 17.0 Å². The van der Waals surface area contributed by atoms with Crippen molar-refractivity contribution in [3.63, 3.8) is 0 Å². The minimum atomic E-state index is -0.225. The maximum atomic E-state index is 13.1. The third-order valence-electron chi connectivity index (χ3n) is 4.40. The Morgan fingerprint density at radius 1 is 1.26 bits per heavy atom. The Balaban J connectivity index is 1.48. The van der Waals surface area contributed by atoms with E-state index in [2.05, 4.69) is 15.3 Å². The molecule has 0 spiro atoms. The fraction of sp³-hybridized carbons (Fsp3) is 0.533. The molecular weight excluding hydrogens is 241 g/mol. The van der Waals surface area contributed by atoms with Gasteiger partial charge in [-0.3, -0.25) is 0 Å². The summed E-state index contributed by atoms with van der Waals surface area (Å²) in [4.78, 5) is 7.60. The summed E-state index contributed by atoms with van der Waals surface area (Å²) in [7, 11) is 0. The summed E-state index contributed by atoms with van der Waals surface area (Å²) in [6, 6.07) is 4.66. The fourth-order valence-electron chi connectivity index (χ4n) is 3.05. The molecule has 1 aromatic carbocycles. The van der Waals surface area contributed by atoms with Crippen LogP contribution in [0.25, 0.3) is 11.0 Å². The zero-order valence-electron chi connectivity index (χ0n) is 10.8. The lowest BCUT2D eigenvalue weighted by molar-refractivity contribution is 0.427. The van der Waals surface area contributed by atoms with Crippen LogP contribution in [0.4, 0.5) is 10.3 Å². The zero-order chi connectivity index (χ0) is 12.8. The summed E-state index contributed by atoms with van der Waals surface area (Å²) in [6.45, 7) is 0.998. The lowest BCUT2D eigenvalue weighted by Gasteiger charge is -2.15. The predicted molar refractivity (Wildman–Crippen MR) is 73.5 cm³/mol. The van der Waals surface area contributed by atoms with Gasteiger partial charge in [0.15, 0.2) is 0 Å². The molecule has 3 nitrogen and oxygen atoms in total. The Kier molecular flexibility index (Phi) is 2.50. The van der Waals surface area contributed by atoms with E-state index in [-0.39, 0.29) is 5.82 Å². The van der Waals surface area contributed by atoms with Crippen molar-refractivity contribution in [1.29, 1.82) is 0 Å². The number of anilines is 1. The molecule has 2 aromatic rings. The molecule has 1 heterocycles. The minimum Gasteiger partial charge on any atom is -0.356 e. The minimum absolute atomic E-state index is 0.225. The molecule has 19 heavy (non-hydrogen) atoms. The van der Waals surface area contributed by atoms with Gasteiger partial charge in [-0.25, -0.2) is 9.37 Å². The normalized spacial score (nSPS) is 19.3. The molecule has 0 radical (unpaired) electrons. The van der Waals surface area contributed by atoms with Crippen molar-refractivity contribution in [2.24, 2.45) is 17.8 Å². The van der Waals surface area contributed by atoms with Crippen LogP contribution in [0, 0.1) is 23.6 Å². The molecule has 0 bridgehead atoms. The van der Waals surface area contributed by atoms with Crippen LogP contribution in [0.2, 0.25) is 0 Å². The van der Waals surface area contributed by atoms with Crippen molar-refractivity contribution in [2.45, 2.75) is 25.7 Å². The highest BCUT2D eigenvalue weighted by Gasteiger charge is 2.41. The van der Waals surface area contributed by atoms with Gasteiger partial charge in [0.05, 0.1) is 11.0 Å². The third kappa shape index (κ3) is 2.31. The number of aromatic nitrogens is 2. The van der Waals surface area contributed by atoms with Gasteiger partial charge in [-0.2, -0.15) is 0 Å². The van der Waals surface area contributed by atoms with Gasteiger partial charge in [0.2, 0.25) is 5.95 Å². The number of nitrogens with zero attached hydrogens (tertiary/aromatic N) is 1. The van der Waals surface area contributed by atoms with Crippen LogP contribution < -0.4 is 5.32 Å². The van der Waals surface area contributed by atoms with E-state index in [0.717, 1.165) is 41.3 Å². The molecule has 100 valence electrons. The Morgan fingerprint density at radius 3 is 2.68 bits per heavy atom. The van der Waals surface area contributed by atoms with Crippen LogP contribution in [0.1, 0.15) is 25.7 Å². The highest BCUT2D eigenvalue weighted by atomic mass is 19.1. The molecule has 2 fully saturated rings. The van der Waals surface area contributed by atoms with Crippen LogP contribution in [0.15, 0.2) is 18.2 Å². The molecule has 0 unspecified atom stereocenters. The number of halogens is 1. The Labute approximate surface area is 111 Å². The first-order valence-electron chi connectivity index (χ1n) is 7.19.